The topological polar surface area (TPSA) is 67.7 Å². The second kappa shape index (κ2) is 11.8. The molecule has 0 aromatic carbocycles. The van der Waals surface area contributed by atoms with Crippen LogP contribution < -0.4 is 0 Å². The van der Waals surface area contributed by atoms with Crippen LogP contribution in [0.15, 0.2) is 42.8 Å². The minimum Gasteiger partial charge on any atom is -0.511 e. The normalized spacial score (nSPS) is 24.8. The van der Waals surface area contributed by atoms with Gasteiger partial charge in [0.15, 0.2) is 0 Å². The lowest BCUT2D eigenvalue weighted by molar-refractivity contribution is 0.0240. The fourth-order valence-electron chi connectivity index (χ4n) is 6.12. The van der Waals surface area contributed by atoms with Gasteiger partial charge in [0.05, 0.1) is 18.2 Å². The van der Waals surface area contributed by atoms with Gasteiger partial charge >= 0.3 is 0 Å². The molecule has 3 heterocycles. The summed E-state index contributed by atoms with van der Waals surface area (Å²) in [5.74, 6) is 0.567. The molecule has 36 heavy (non-hydrogen) atoms. The summed E-state index contributed by atoms with van der Waals surface area (Å²) in [5.41, 5.74) is 6.15. The van der Waals surface area contributed by atoms with Crippen LogP contribution >= 0.6 is 0 Å². The zero-order valence-corrected chi connectivity index (χ0v) is 21.7. The number of pyridine rings is 2. The largest absolute Gasteiger partial charge is 0.511 e. The third-order valence-corrected chi connectivity index (χ3v) is 8.25. The van der Waals surface area contributed by atoms with Crippen LogP contribution in [0.3, 0.4) is 0 Å². The number of hydrogen-bond donors (Lipinski definition) is 1. The van der Waals surface area contributed by atoms with Crippen LogP contribution in [0.2, 0.25) is 0 Å². The number of nitrogens with zero attached hydrogens (tertiary/aromatic N) is 3. The second-order valence-electron chi connectivity index (χ2n) is 10.7. The molecule has 1 saturated heterocycles. The smallest absolute Gasteiger partial charge is 0.107 e. The lowest BCUT2D eigenvalue weighted by Gasteiger charge is -2.37. The Morgan fingerprint density at radius 1 is 1.17 bits per heavy atom. The molecule has 2 aliphatic carbocycles. The maximum atomic E-state index is 10.6. The van der Waals surface area contributed by atoms with Gasteiger partial charge in [-0.1, -0.05) is 18.7 Å². The Balaban J connectivity index is 1.10. The van der Waals surface area contributed by atoms with Crippen molar-refractivity contribution < 1.29 is 14.6 Å². The molecule has 3 aliphatic rings. The predicted octanol–water partition coefficient (Wildman–Crippen LogP) is 5.47. The summed E-state index contributed by atoms with van der Waals surface area (Å²) in [6, 6.07) is 8.33. The minimum atomic E-state index is -0.237. The van der Waals surface area contributed by atoms with Crippen LogP contribution in [0.1, 0.15) is 85.1 Å². The fraction of sp³-hybridized carbons (Fsp3) is 0.600. The lowest BCUT2D eigenvalue weighted by Crippen LogP contribution is -2.33. The molecular formula is C30H41N3O3. The van der Waals surface area contributed by atoms with Crippen molar-refractivity contribution >= 4 is 0 Å². The van der Waals surface area contributed by atoms with Gasteiger partial charge in [-0.3, -0.25) is 14.9 Å². The standard InChI is InChI=1S/C30H41N3O3/c1-21(34)30(27-10-7-15-31-29(27)23-18-26(19-23)35-2)33-16-14-25(20-33)36-17-6-5-9-24-13-12-22-8-3-4-11-28(22)32-24/h7,10,12-13,15,23,25-26,30,34H,1,3-6,8-9,11,14,16-20H2,2H3/t23?,25-,26?,30?/m1/s1. The summed E-state index contributed by atoms with van der Waals surface area (Å²) >= 11 is 0. The number of aryl methyl sites for hydroxylation is 3. The number of unbranched alkanes of at least 4 members (excludes halogenated alkanes) is 1. The molecule has 6 heteroatoms. The zero-order valence-electron chi connectivity index (χ0n) is 21.7. The third-order valence-electron chi connectivity index (χ3n) is 8.25. The Hall–Kier alpha value is -2.28. The molecule has 0 spiro atoms. The number of aliphatic hydroxyl groups is 1. The number of rotatable bonds is 11. The van der Waals surface area contributed by atoms with Crippen LogP contribution in [-0.4, -0.2) is 59.0 Å². The van der Waals surface area contributed by atoms with Gasteiger partial charge in [0.2, 0.25) is 0 Å². The van der Waals surface area contributed by atoms with Crippen molar-refractivity contribution in [2.75, 3.05) is 26.8 Å². The first-order valence-corrected chi connectivity index (χ1v) is 13.8. The van der Waals surface area contributed by atoms with Gasteiger partial charge in [-0.2, -0.15) is 0 Å². The summed E-state index contributed by atoms with van der Waals surface area (Å²) in [4.78, 5) is 11.9. The fourth-order valence-corrected chi connectivity index (χ4v) is 6.12. The Bertz CT molecular complexity index is 1040. The van der Waals surface area contributed by atoms with E-state index in [1.54, 1.807) is 7.11 Å². The summed E-state index contributed by atoms with van der Waals surface area (Å²) < 4.78 is 11.7. The SMILES string of the molecule is C=C(O)C(c1cccnc1C1CC(OC)C1)N1CC[C@@H](OCCCCc2ccc3c(n2)CCCC3)C1. The van der Waals surface area contributed by atoms with Crippen molar-refractivity contribution in [1.29, 1.82) is 0 Å². The Morgan fingerprint density at radius 2 is 2.03 bits per heavy atom. The number of likely N-dealkylation sites (tertiary alicyclic amines) is 1. The highest BCUT2D eigenvalue weighted by atomic mass is 16.5. The van der Waals surface area contributed by atoms with Crippen LogP contribution in [0, 0.1) is 0 Å². The van der Waals surface area contributed by atoms with E-state index in [1.165, 1.54) is 36.2 Å². The third kappa shape index (κ3) is 5.82. The van der Waals surface area contributed by atoms with Gasteiger partial charge in [0, 0.05) is 56.0 Å². The lowest BCUT2D eigenvalue weighted by atomic mass is 9.77. The monoisotopic (exact) mass is 491 g/mol. The maximum absolute atomic E-state index is 10.6. The van der Waals surface area contributed by atoms with Crippen molar-refractivity contribution in [3.05, 3.63) is 71.0 Å². The summed E-state index contributed by atoms with van der Waals surface area (Å²) in [6.07, 6.45) is 13.4. The summed E-state index contributed by atoms with van der Waals surface area (Å²) in [5, 5.41) is 10.6. The van der Waals surface area contributed by atoms with Crippen molar-refractivity contribution in [2.24, 2.45) is 0 Å². The highest BCUT2D eigenvalue weighted by molar-refractivity contribution is 5.33. The maximum Gasteiger partial charge on any atom is 0.107 e. The molecule has 6 nitrogen and oxygen atoms in total. The van der Waals surface area contributed by atoms with E-state index >= 15 is 0 Å². The van der Waals surface area contributed by atoms with Gasteiger partial charge in [-0.15, -0.1) is 0 Å². The van der Waals surface area contributed by atoms with E-state index in [9.17, 15) is 5.11 Å². The van der Waals surface area contributed by atoms with E-state index < -0.39 is 0 Å². The predicted molar refractivity (Wildman–Crippen MR) is 141 cm³/mol. The van der Waals surface area contributed by atoms with Gasteiger partial charge < -0.3 is 14.6 Å². The van der Waals surface area contributed by atoms with Gasteiger partial charge in [0.25, 0.3) is 0 Å². The van der Waals surface area contributed by atoms with Gasteiger partial charge in [-0.25, -0.2) is 0 Å². The molecule has 2 aromatic heterocycles. The first kappa shape index (κ1) is 25.4. The molecule has 1 saturated carbocycles. The van der Waals surface area contributed by atoms with Crippen LogP contribution in [0.4, 0.5) is 0 Å². The quantitative estimate of drug-likeness (QED) is 0.332. The first-order valence-electron chi connectivity index (χ1n) is 13.8. The van der Waals surface area contributed by atoms with E-state index in [0.717, 1.165) is 75.9 Å². The Kier molecular flexibility index (Phi) is 8.35. The molecule has 1 N–H and O–H groups in total. The van der Waals surface area contributed by atoms with Gasteiger partial charge in [-0.05, 0) is 87.5 Å². The molecule has 5 rings (SSSR count). The molecule has 2 aromatic rings. The van der Waals surface area contributed by atoms with Crippen molar-refractivity contribution in [3.63, 3.8) is 0 Å². The second-order valence-corrected chi connectivity index (χ2v) is 10.7. The highest BCUT2D eigenvalue weighted by Crippen LogP contribution is 2.42. The van der Waals surface area contributed by atoms with E-state index in [4.69, 9.17) is 19.4 Å². The van der Waals surface area contributed by atoms with E-state index in [1.807, 2.05) is 12.3 Å². The molecule has 2 fully saturated rings. The van der Waals surface area contributed by atoms with Gasteiger partial charge in [0.1, 0.15) is 5.76 Å². The van der Waals surface area contributed by atoms with Crippen LogP contribution in [0.5, 0.6) is 0 Å². The molecule has 2 atom stereocenters. The number of fused-ring (bicyclic) bond motifs is 1. The molecule has 0 amide bonds. The average molecular weight is 492 g/mol. The average Bonchev–Trinajstić information content (AvgIpc) is 3.32. The molecule has 0 radical (unpaired) electrons. The Morgan fingerprint density at radius 3 is 2.86 bits per heavy atom. The van der Waals surface area contributed by atoms with Crippen molar-refractivity contribution in [3.8, 4) is 0 Å². The highest BCUT2D eigenvalue weighted by Gasteiger charge is 2.37. The molecule has 0 bridgehead atoms. The summed E-state index contributed by atoms with van der Waals surface area (Å²) in [6.45, 7) is 6.39. The molecule has 1 aliphatic heterocycles. The van der Waals surface area contributed by atoms with Crippen LogP contribution in [-0.2, 0) is 28.7 Å². The van der Waals surface area contributed by atoms with E-state index in [0.29, 0.717) is 12.0 Å². The summed E-state index contributed by atoms with van der Waals surface area (Å²) in [7, 11) is 1.77. The van der Waals surface area contributed by atoms with Crippen LogP contribution in [0.25, 0.3) is 0 Å². The number of aromatic nitrogens is 2. The molecular weight excluding hydrogens is 450 g/mol. The number of hydrogen-bond acceptors (Lipinski definition) is 6. The van der Waals surface area contributed by atoms with E-state index in [-0.39, 0.29) is 17.9 Å². The Labute approximate surface area is 215 Å². The molecule has 194 valence electrons. The van der Waals surface area contributed by atoms with E-state index in [2.05, 4.69) is 29.7 Å². The number of aliphatic hydroxyl groups excluding tert-OH is 1. The minimum absolute atomic E-state index is 0.185. The zero-order chi connectivity index (χ0) is 24.9. The molecule has 1 unspecified atom stereocenters. The van der Waals surface area contributed by atoms with Crippen molar-refractivity contribution in [1.82, 2.24) is 14.9 Å². The number of methoxy groups -OCH3 is 1. The first-order chi connectivity index (χ1) is 17.6. The van der Waals surface area contributed by atoms with Crippen molar-refractivity contribution in [2.45, 2.75) is 88.4 Å². The number of ether oxygens (including phenoxy) is 2.